The highest BCUT2D eigenvalue weighted by Crippen LogP contribution is 2.24. The van der Waals surface area contributed by atoms with Crippen LogP contribution >= 0.6 is 11.3 Å². The van der Waals surface area contributed by atoms with E-state index in [0.717, 1.165) is 12.2 Å². The Morgan fingerprint density at radius 1 is 1.50 bits per heavy atom. The Morgan fingerprint density at radius 2 is 2.21 bits per heavy atom. The van der Waals surface area contributed by atoms with E-state index in [1.165, 1.54) is 18.4 Å². The maximum atomic E-state index is 11.4. The first kappa shape index (κ1) is 10.5. The lowest BCUT2D eigenvalue weighted by atomic mass is 10.3. The minimum atomic E-state index is -1.14. The highest BCUT2D eigenvalue weighted by atomic mass is 32.1. The molecule has 0 atom stereocenters. The predicted octanol–water partition coefficient (Wildman–Crippen LogP) is 1.58. The van der Waals surface area contributed by atoms with Gasteiger partial charge in [-0.3, -0.25) is 4.79 Å². The zero-order valence-electron chi connectivity index (χ0n) is 7.39. The molecular formula is C9H8O4S. The number of thiophene rings is 1. The average molecular weight is 212 g/mol. The SMILES string of the molecule is COc1ccsc1C(=O)/C=C/C(=O)O. The van der Waals surface area contributed by atoms with Crippen LogP contribution in [-0.4, -0.2) is 24.0 Å². The Bertz CT molecular complexity index is 378. The zero-order chi connectivity index (χ0) is 10.6. The molecule has 0 aliphatic rings. The number of carbonyl (C=O) groups is 2. The maximum absolute atomic E-state index is 11.4. The fourth-order valence-electron chi connectivity index (χ4n) is 0.861. The second-order valence-corrected chi connectivity index (χ2v) is 3.27. The summed E-state index contributed by atoms with van der Waals surface area (Å²) in [5.41, 5.74) is 0. The van der Waals surface area contributed by atoms with E-state index in [-0.39, 0.29) is 5.78 Å². The summed E-state index contributed by atoms with van der Waals surface area (Å²) in [6, 6.07) is 1.66. The van der Waals surface area contributed by atoms with Crippen LogP contribution in [0.3, 0.4) is 0 Å². The molecule has 1 heterocycles. The molecule has 4 nitrogen and oxygen atoms in total. The van der Waals surface area contributed by atoms with Gasteiger partial charge in [-0.2, -0.15) is 0 Å². The number of ether oxygens (including phenoxy) is 1. The summed E-state index contributed by atoms with van der Waals surface area (Å²) in [6.07, 6.45) is 1.82. The summed E-state index contributed by atoms with van der Waals surface area (Å²) < 4.78 is 4.92. The van der Waals surface area contributed by atoms with Gasteiger partial charge in [-0.1, -0.05) is 0 Å². The summed E-state index contributed by atoms with van der Waals surface area (Å²) in [6.45, 7) is 0. The van der Waals surface area contributed by atoms with E-state index >= 15 is 0 Å². The second-order valence-electron chi connectivity index (χ2n) is 2.35. The number of hydrogen-bond acceptors (Lipinski definition) is 4. The summed E-state index contributed by atoms with van der Waals surface area (Å²) in [4.78, 5) is 21.9. The van der Waals surface area contributed by atoms with Gasteiger partial charge in [0.2, 0.25) is 0 Å². The molecule has 1 aromatic rings. The van der Waals surface area contributed by atoms with Gasteiger partial charge in [0.15, 0.2) is 5.78 Å². The van der Waals surface area contributed by atoms with Gasteiger partial charge in [-0.05, 0) is 17.5 Å². The average Bonchev–Trinajstić information content (AvgIpc) is 2.61. The fourth-order valence-corrected chi connectivity index (χ4v) is 1.64. The number of rotatable bonds is 4. The van der Waals surface area contributed by atoms with Crippen LogP contribution in [-0.2, 0) is 4.79 Å². The van der Waals surface area contributed by atoms with Gasteiger partial charge in [0.25, 0.3) is 0 Å². The van der Waals surface area contributed by atoms with Crippen molar-refractivity contribution < 1.29 is 19.4 Å². The second kappa shape index (κ2) is 4.57. The summed E-state index contributed by atoms with van der Waals surface area (Å²) in [5, 5.41) is 10.0. The third-order valence-electron chi connectivity index (χ3n) is 1.45. The van der Waals surface area contributed by atoms with Crippen LogP contribution < -0.4 is 4.74 Å². The number of ketones is 1. The molecule has 1 rings (SSSR count). The molecule has 1 N–H and O–H groups in total. The Kier molecular flexibility index (Phi) is 3.41. The van der Waals surface area contributed by atoms with E-state index in [9.17, 15) is 9.59 Å². The Balaban J connectivity index is 2.84. The molecule has 1 aromatic heterocycles. The van der Waals surface area contributed by atoms with E-state index in [0.29, 0.717) is 10.6 Å². The minimum Gasteiger partial charge on any atom is -0.495 e. The monoisotopic (exact) mass is 212 g/mol. The van der Waals surface area contributed by atoms with Crippen molar-refractivity contribution in [3.05, 3.63) is 28.5 Å². The number of methoxy groups -OCH3 is 1. The largest absolute Gasteiger partial charge is 0.495 e. The predicted molar refractivity (Wildman–Crippen MR) is 52.0 cm³/mol. The third kappa shape index (κ3) is 2.43. The van der Waals surface area contributed by atoms with Crippen LogP contribution in [0.4, 0.5) is 0 Å². The van der Waals surface area contributed by atoms with Crippen molar-refractivity contribution >= 4 is 23.1 Å². The van der Waals surface area contributed by atoms with Gasteiger partial charge < -0.3 is 9.84 Å². The standard InChI is InChI=1S/C9H8O4S/c1-13-7-4-5-14-9(7)6(10)2-3-8(11)12/h2-5H,1H3,(H,11,12)/b3-2+. The number of carbonyl (C=O) groups excluding carboxylic acids is 1. The van der Waals surface area contributed by atoms with Crippen molar-refractivity contribution in [1.82, 2.24) is 0 Å². The van der Waals surface area contributed by atoms with Crippen molar-refractivity contribution in [2.75, 3.05) is 7.11 Å². The molecule has 0 bridgehead atoms. The van der Waals surface area contributed by atoms with Gasteiger partial charge in [0, 0.05) is 6.08 Å². The van der Waals surface area contributed by atoms with Crippen LogP contribution in [0.2, 0.25) is 0 Å². The molecule has 0 aromatic carbocycles. The molecule has 5 heteroatoms. The number of carboxylic acid groups (broad SMARTS) is 1. The van der Waals surface area contributed by atoms with Crippen molar-refractivity contribution in [1.29, 1.82) is 0 Å². The molecule has 0 aliphatic heterocycles. The number of aliphatic carboxylic acids is 1. The van der Waals surface area contributed by atoms with Gasteiger partial charge in [-0.25, -0.2) is 4.79 Å². The third-order valence-corrected chi connectivity index (χ3v) is 2.36. The quantitative estimate of drug-likeness (QED) is 0.608. The fraction of sp³-hybridized carbons (Fsp3) is 0.111. The van der Waals surface area contributed by atoms with Gasteiger partial charge in [0.1, 0.15) is 10.6 Å². The first-order chi connectivity index (χ1) is 6.65. The highest BCUT2D eigenvalue weighted by molar-refractivity contribution is 7.12. The van der Waals surface area contributed by atoms with Crippen LogP contribution in [0.15, 0.2) is 23.6 Å². The van der Waals surface area contributed by atoms with E-state index in [2.05, 4.69) is 0 Å². The molecule has 0 amide bonds. The normalized spacial score (nSPS) is 10.4. The first-order valence-corrected chi connectivity index (χ1v) is 4.60. The topological polar surface area (TPSA) is 63.6 Å². The summed E-state index contributed by atoms with van der Waals surface area (Å²) in [7, 11) is 1.46. The minimum absolute atomic E-state index is 0.362. The summed E-state index contributed by atoms with van der Waals surface area (Å²) in [5.74, 6) is -1.04. The van der Waals surface area contributed by atoms with Crippen LogP contribution in [0.1, 0.15) is 9.67 Å². The lowest BCUT2D eigenvalue weighted by Gasteiger charge is -1.96. The molecule has 0 aliphatic carbocycles. The molecule has 0 saturated carbocycles. The molecular weight excluding hydrogens is 204 g/mol. The van der Waals surface area contributed by atoms with Crippen LogP contribution in [0.25, 0.3) is 0 Å². The zero-order valence-corrected chi connectivity index (χ0v) is 8.21. The van der Waals surface area contributed by atoms with E-state index in [1.54, 1.807) is 11.4 Å². The van der Waals surface area contributed by atoms with Crippen LogP contribution in [0, 0.1) is 0 Å². The van der Waals surface area contributed by atoms with E-state index < -0.39 is 5.97 Å². The molecule has 0 unspecified atom stereocenters. The lowest BCUT2D eigenvalue weighted by Crippen LogP contribution is -1.96. The molecule has 74 valence electrons. The van der Waals surface area contributed by atoms with Gasteiger partial charge in [-0.15, -0.1) is 11.3 Å². The smallest absolute Gasteiger partial charge is 0.328 e. The number of carboxylic acids is 1. The maximum Gasteiger partial charge on any atom is 0.328 e. The Labute approximate surface area is 84.4 Å². The molecule has 14 heavy (non-hydrogen) atoms. The van der Waals surface area contributed by atoms with Crippen molar-refractivity contribution in [2.45, 2.75) is 0 Å². The molecule has 0 fully saturated rings. The van der Waals surface area contributed by atoms with E-state index in [1.807, 2.05) is 0 Å². The Morgan fingerprint density at radius 3 is 2.79 bits per heavy atom. The van der Waals surface area contributed by atoms with E-state index in [4.69, 9.17) is 9.84 Å². The number of allylic oxidation sites excluding steroid dienone is 1. The van der Waals surface area contributed by atoms with Crippen molar-refractivity contribution in [3.8, 4) is 5.75 Å². The molecule has 0 saturated heterocycles. The van der Waals surface area contributed by atoms with Gasteiger partial charge >= 0.3 is 5.97 Å². The Hall–Kier alpha value is -1.62. The first-order valence-electron chi connectivity index (χ1n) is 3.72. The molecule has 0 spiro atoms. The van der Waals surface area contributed by atoms with Crippen LogP contribution in [0.5, 0.6) is 5.75 Å². The van der Waals surface area contributed by atoms with Crippen molar-refractivity contribution in [2.24, 2.45) is 0 Å². The highest BCUT2D eigenvalue weighted by Gasteiger charge is 2.10. The number of hydrogen-bond donors (Lipinski definition) is 1. The van der Waals surface area contributed by atoms with Crippen molar-refractivity contribution in [3.63, 3.8) is 0 Å². The van der Waals surface area contributed by atoms with Gasteiger partial charge in [0.05, 0.1) is 7.11 Å². The lowest BCUT2D eigenvalue weighted by molar-refractivity contribution is -0.131. The molecule has 0 radical (unpaired) electrons. The summed E-state index contributed by atoms with van der Waals surface area (Å²) >= 11 is 1.22.